The van der Waals surface area contributed by atoms with Gasteiger partial charge in [-0.3, -0.25) is 4.90 Å². The van der Waals surface area contributed by atoms with Crippen LogP contribution in [0.4, 0.5) is 0 Å². The van der Waals surface area contributed by atoms with Gasteiger partial charge in [-0.25, -0.2) is 15.0 Å². The molecule has 1 saturated heterocycles. The van der Waals surface area contributed by atoms with Gasteiger partial charge in [0, 0.05) is 0 Å². The first-order chi connectivity index (χ1) is 9.82. The van der Waals surface area contributed by atoms with Crippen LogP contribution in [0.3, 0.4) is 0 Å². The second-order valence-corrected chi connectivity index (χ2v) is 5.40. The average molecular weight is 299 g/mol. The second-order valence-electron chi connectivity index (χ2n) is 5.40. The standard InChI is InChI=1S/C11H17N5O5/c1-10(12)11(20)9(13-3-14-10)16(4-15-11)8-7(19)6(18)5(2-17)21-8/h3-8,17-20H,2,12H2,1H3/t5-,6-,7-,8-,10?,11?/m1/s1. The number of fused-ring (bicyclic) bond motifs is 1. The zero-order chi connectivity index (χ0) is 15.4. The minimum Gasteiger partial charge on any atom is -0.394 e. The Morgan fingerprint density at radius 1 is 1.38 bits per heavy atom. The predicted octanol–water partition coefficient (Wildman–Crippen LogP) is -3.43. The van der Waals surface area contributed by atoms with Crippen LogP contribution in [0.2, 0.25) is 0 Å². The van der Waals surface area contributed by atoms with Crippen LogP contribution in [0.1, 0.15) is 6.92 Å². The molecule has 0 bridgehead atoms. The molecule has 1 fully saturated rings. The van der Waals surface area contributed by atoms with Gasteiger partial charge in [0.2, 0.25) is 0 Å². The van der Waals surface area contributed by atoms with Crippen LogP contribution in [0.5, 0.6) is 0 Å². The number of rotatable bonds is 2. The van der Waals surface area contributed by atoms with Gasteiger partial charge in [-0.2, -0.15) is 0 Å². The van der Waals surface area contributed by atoms with Gasteiger partial charge >= 0.3 is 0 Å². The molecule has 0 aromatic carbocycles. The van der Waals surface area contributed by atoms with Crippen molar-refractivity contribution in [1.82, 2.24) is 4.90 Å². The molecule has 0 aromatic heterocycles. The highest BCUT2D eigenvalue weighted by Crippen LogP contribution is 2.35. The van der Waals surface area contributed by atoms with Crippen LogP contribution in [-0.4, -0.2) is 86.4 Å². The molecule has 10 heteroatoms. The van der Waals surface area contributed by atoms with Gasteiger partial charge in [0.1, 0.15) is 24.7 Å². The van der Waals surface area contributed by atoms with E-state index in [2.05, 4.69) is 15.0 Å². The third-order valence-electron chi connectivity index (χ3n) is 3.93. The Labute approximate surface area is 119 Å². The van der Waals surface area contributed by atoms with E-state index in [0.717, 1.165) is 0 Å². The maximum atomic E-state index is 10.6. The third kappa shape index (κ3) is 1.84. The number of amidine groups is 1. The molecule has 3 rings (SSSR count). The molecule has 0 spiro atoms. The number of aliphatic imine (C=N–C) groups is 3. The van der Waals surface area contributed by atoms with Crippen LogP contribution in [0.25, 0.3) is 0 Å². The molecule has 3 heterocycles. The molecule has 0 aliphatic carbocycles. The van der Waals surface area contributed by atoms with E-state index in [9.17, 15) is 15.3 Å². The number of nitrogens with zero attached hydrogens (tertiary/aromatic N) is 4. The van der Waals surface area contributed by atoms with Crippen LogP contribution < -0.4 is 5.73 Å². The van der Waals surface area contributed by atoms with Crippen LogP contribution >= 0.6 is 0 Å². The van der Waals surface area contributed by atoms with Crippen molar-refractivity contribution < 1.29 is 25.2 Å². The van der Waals surface area contributed by atoms with Crippen molar-refractivity contribution >= 4 is 18.5 Å². The molecule has 2 unspecified atom stereocenters. The van der Waals surface area contributed by atoms with E-state index >= 15 is 0 Å². The number of hydrogen-bond donors (Lipinski definition) is 5. The van der Waals surface area contributed by atoms with Gasteiger partial charge in [0.15, 0.2) is 17.7 Å². The molecular weight excluding hydrogens is 282 g/mol. The van der Waals surface area contributed by atoms with Crippen molar-refractivity contribution in [2.75, 3.05) is 6.61 Å². The lowest BCUT2D eigenvalue weighted by molar-refractivity contribution is -0.0547. The molecule has 6 atom stereocenters. The molecule has 10 nitrogen and oxygen atoms in total. The summed E-state index contributed by atoms with van der Waals surface area (Å²) >= 11 is 0. The Morgan fingerprint density at radius 2 is 2.10 bits per heavy atom. The maximum absolute atomic E-state index is 10.6. The molecular formula is C11H17N5O5. The Bertz CT molecular complexity index is 535. The van der Waals surface area contributed by atoms with E-state index in [4.69, 9.17) is 15.6 Å². The molecule has 3 aliphatic heterocycles. The van der Waals surface area contributed by atoms with E-state index in [1.54, 1.807) is 0 Å². The number of nitrogens with two attached hydrogens (primary N) is 1. The number of ether oxygens (including phenoxy) is 1. The topological polar surface area (TPSA) is 156 Å². The van der Waals surface area contributed by atoms with Gasteiger partial charge in [-0.1, -0.05) is 0 Å². The van der Waals surface area contributed by atoms with Crippen molar-refractivity contribution in [2.45, 2.75) is 42.9 Å². The summed E-state index contributed by atoms with van der Waals surface area (Å²) in [6.45, 7) is 1.03. The molecule has 0 amide bonds. The fraction of sp³-hybridized carbons (Fsp3) is 0.727. The SMILES string of the molecule is CC1(N)N=CN=C2N([C@@H]3O[C@H](CO)[C@@H](O)[C@H]3O)C=NC21O. The first kappa shape index (κ1) is 14.5. The van der Waals surface area contributed by atoms with Gasteiger partial charge in [0.05, 0.1) is 12.9 Å². The van der Waals surface area contributed by atoms with Gasteiger partial charge in [-0.05, 0) is 6.92 Å². The molecule has 0 saturated carbocycles. The first-order valence-electron chi connectivity index (χ1n) is 6.41. The normalized spacial score (nSPS) is 48.7. The monoisotopic (exact) mass is 299 g/mol. The lowest BCUT2D eigenvalue weighted by Gasteiger charge is -2.38. The smallest absolute Gasteiger partial charge is 0.255 e. The molecule has 6 N–H and O–H groups in total. The summed E-state index contributed by atoms with van der Waals surface area (Å²) < 4.78 is 5.39. The van der Waals surface area contributed by atoms with Gasteiger partial charge < -0.3 is 30.9 Å². The van der Waals surface area contributed by atoms with Crippen molar-refractivity contribution in [3.63, 3.8) is 0 Å². The molecule has 21 heavy (non-hydrogen) atoms. The lowest BCUT2D eigenvalue weighted by Crippen LogP contribution is -2.64. The molecule has 0 aromatic rings. The predicted molar refractivity (Wildman–Crippen MR) is 71.6 cm³/mol. The second kappa shape index (κ2) is 4.53. The van der Waals surface area contributed by atoms with E-state index in [1.165, 1.54) is 24.5 Å². The summed E-state index contributed by atoms with van der Waals surface area (Å²) in [5, 5.41) is 39.5. The highest BCUT2D eigenvalue weighted by atomic mass is 16.6. The Hall–Kier alpha value is -1.43. The summed E-state index contributed by atoms with van der Waals surface area (Å²) in [5.74, 6) is 0.0392. The highest BCUT2D eigenvalue weighted by molar-refractivity contribution is 6.07. The minimum atomic E-state index is -1.88. The zero-order valence-electron chi connectivity index (χ0n) is 11.2. The Balaban J connectivity index is 1.91. The van der Waals surface area contributed by atoms with E-state index in [0.29, 0.717) is 0 Å². The fourth-order valence-corrected chi connectivity index (χ4v) is 2.54. The number of aliphatic hydroxyl groups excluding tert-OH is 3. The quantitative estimate of drug-likeness (QED) is 0.355. The minimum absolute atomic E-state index is 0.0392. The van der Waals surface area contributed by atoms with Crippen LogP contribution in [0, 0.1) is 0 Å². The summed E-state index contributed by atoms with van der Waals surface area (Å²) in [4.78, 5) is 13.0. The van der Waals surface area contributed by atoms with Gasteiger partial charge in [-0.15, -0.1) is 0 Å². The van der Waals surface area contributed by atoms with Crippen molar-refractivity contribution in [2.24, 2.45) is 20.7 Å². The van der Waals surface area contributed by atoms with Crippen LogP contribution in [0.15, 0.2) is 15.0 Å². The van der Waals surface area contributed by atoms with Crippen molar-refractivity contribution in [3.8, 4) is 0 Å². The van der Waals surface area contributed by atoms with Crippen molar-refractivity contribution in [1.29, 1.82) is 0 Å². The van der Waals surface area contributed by atoms with E-state index in [1.807, 2.05) is 0 Å². The fourth-order valence-electron chi connectivity index (χ4n) is 2.54. The number of hydrogen-bond acceptors (Lipinski definition) is 10. The highest BCUT2D eigenvalue weighted by Gasteiger charge is 2.58. The first-order valence-corrected chi connectivity index (χ1v) is 6.41. The van der Waals surface area contributed by atoms with E-state index < -0.39 is 42.5 Å². The zero-order valence-corrected chi connectivity index (χ0v) is 11.2. The maximum Gasteiger partial charge on any atom is 0.255 e. The summed E-state index contributed by atoms with van der Waals surface area (Å²) in [6, 6.07) is 0. The molecule has 116 valence electrons. The summed E-state index contributed by atoms with van der Waals surface area (Å²) in [7, 11) is 0. The van der Waals surface area contributed by atoms with Crippen molar-refractivity contribution in [3.05, 3.63) is 0 Å². The Kier molecular flexibility index (Phi) is 3.13. The van der Waals surface area contributed by atoms with Gasteiger partial charge in [0.25, 0.3) is 5.72 Å². The number of aliphatic hydroxyl groups is 4. The molecule has 3 aliphatic rings. The Morgan fingerprint density at radius 3 is 2.71 bits per heavy atom. The summed E-state index contributed by atoms with van der Waals surface area (Å²) in [5.41, 5.74) is 2.61. The molecule has 0 radical (unpaired) electrons. The van der Waals surface area contributed by atoms with Crippen LogP contribution in [-0.2, 0) is 4.74 Å². The summed E-state index contributed by atoms with van der Waals surface area (Å²) in [6.07, 6.45) is -2.14. The average Bonchev–Trinajstić information content (AvgIpc) is 2.91. The van der Waals surface area contributed by atoms with E-state index in [-0.39, 0.29) is 5.84 Å². The lowest BCUT2D eigenvalue weighted by atomic mass is 9.97. The largest absolute Gasteiger partial charge is 0.394 e. The third-order valence-corrected chi connectivity index (χ3v) is 3.93.